The molecule has 7 heteroatoms. The topological polar surface area (TPSA) is 100 Å². The zero-order valence-electron chi connectivity index (χ0n) is 17.9. The van der Waals surface area contributed by atoms with Gasteiger partial charge in [0.15, 0.2) is 0 Å². The first-order chi connectivity index (χ1) is 15.3. The number of nitrogens with zero attached hydrogens (tertiary/aromatic N) is 1. The molecule has 164 valence electrons. The Kier molecular flexibility index (Phi) is 5.48. The minimum absolute atomic E-state index is 0.0132. The highest BCUT2D eigenvalue weighted by Crippen LogP contribution is 2.45. The second-order valence-corrected chi connectivity index (χ2v) is 7.87. The third-order valence-electron chi connectivity index (χ3n) is 5.15. The van der Waals surface area contributed by atoms with E-state index in [1.807, 2.05) is 20.8 Å². The Morgan fingerprint density at radius 2 is 1.81 bits per heavy atom. The van der Waals surface area contributed by atoms with Gasteiger partial charge in [-0.25, -0.2) is 0 Å². The number of phenols is 1. The molecule has 4 rings (SSSR count). The van der Waals surface area contributed by atoms with Crippen molar-refractivity contribution >= 4 is 23.1 Å². The number of ether oxygens (including phenoxy) is 1. The number of hydrogen-bond donors (Lipinski definition) is 2. The lowest BCUT2D eigenvalue weighted by atomic mass is 9.99. The second kappa shape index (κ2) is 8.26. The van der Waals surface area contributed by atoms with E-state index in [1.54, 1.807) is 48.5 Å². The fraction of sp³-hybridized carbons (Fsp3) is 0.200. The molecule has 2 N–H and O–H groups in total. The first-order valence-electron chi connectivity index (χ1n) is 10.2. The van der Waals surface area contributed by atoms with Gasteiger partial charge in [0.2, 0.25) is 0 Å². The van der Waals surface area contributed by atoms with E-state index in [0.717, 1.165) is 10.5 Å². The zero-order valence-corrected chi connectivity index (χ0v) is 17.9. The highest BCUT2D eigenvalue weighted by atomic mass is 16.5. The van der Waals surface area contributed by atoms with E-state index in [0.29, 0.717) is 11.3 Å². The summed E-state index contributed by atoms with van der Waals surface area (Å²) in [5.41, 5.74) is 1.18. The van der Waals surface area contributed by atoms with Crippen molar-refractivity contribution in [2.24, 2.45) is 0 Å². The number of carbonyl (C=O) groups is 2. The van der Waals surface area contributed by atoms with Crippen LogP contribution in [-0.4, -0.2) is 28.0 Å². The lowest BCUT2D eigenvalue weighted by Crippen LogP contribution is -2.29. The Labute approximate surface area is 185 Å². The van der Waals surface area contributed by atoms with Gasteiger partial charge in [0.1, 0.15) is 29.1 Å². The van der Waals surface area contributed by atoms with Gasteiger partial charge >= 0.3 is 0 Å². The number of anilines is 1. The lowest BCUT2D eigenvalue weighted by Gasteiger charge is -2.24. The number of ketones is 1. The number of aryl methyl sites for hydroxylation is 1. The van der Waals surface area contributed by atoms with Gasteiger partial charge in [-0.2, -0.15) is 0 Å². The van der Waals surface area contributed by atoms with E-state index in [2.05, 4.69) is 0 Å². The molecule has 1 aromatic heterocycles. The van der Waals surface area contributed by atoms with Crippen LogP contribution in [0, 0.1) is 6.92 Å². The quantitative estimate of drug-likeness (QED) is 0.343. The second-order valence-electron chi connectivity index (χ2n) is 7.87. The van der Waals surface area contributed by atoms with Crippen molar-refractivity contribution in [2.75, 3.05) is 4.90 Å². The third-order valence-corrected chi connectivity index (χ3v) is 5.15. The van der Waals surface area contributed by atoms with E-state index < -0.39 is 17.7 Å². The molecule has 3 aromatic rings. The number of phenolic OH excluding ortho intramolecular Hbond substituents is 1. The summed E-state index contributed by atoms with van der Waals surface area (Å²) in [4.78, 5) is 27.3. The molecule has 7 nitrogen and oxygen atoms in total. The molecule has 1 aliphatic rings. The van der Waals surface area contributed by atoms with Crippen LogP contribution in [0.2, 0.25) is 0 Å². The standard InChI is InChI=1S/C25H23NO6/c1-14(2)32-17-9-7-16(8-10-17)23(28)21-22(20-5-4-12-31-20)26(25(30)24(21)29)18-13-15(3)6-11-19(18)27/h4-14,22,27-28H,1-3H3/b23-21-. The molecule has 0 aliphatic carbocycles. The summed E-state index contributed by atoms with van der Waals surface area (Å²) < 4.78 is 11.1. The molecule has 0 radical (unpaired) electrons. The molecule has 32 heavy (non-hydrogen) atoms. The summed E-state index contributed by atoms with van der Waals surface area (Å²) >= 11 is 0. The van der Waals surface area contributed by atoms with Gasteiger partial charge in [0.25, 0.3) is 11.7 Å². The Balaban J connectivity index is 1.86. The molecule has 2 aromatic carbocycles. The Bertz CT molecular complexity index is 1190. The first kappa shape index (κ1) is 21.2. The van der Waals surface area contributed by atoms with Gasteiger partial charge in [-0.15, -0.1) is 0 Å². The van der Waals surface area contributed by atoms with Crippen molar-refractivity contribution in [2.45, 2.75) is 32.9 Å². The van der Waals surface area contributed by atoms with Crippen molar-refractivity contribution in [3.63, 3.8) is 0 Å². The smallest absolute Gasteiger partial charge is 0.300 e. The normalized spacial score (nSPS) is 17.9. The number of aliphatic hydroxyl groups excluding tert-OH is 1. The Morgan fingerprint density at radius 3 is 2.44 bits per heavy atom. The molecule has 1 unspecified atom stereocenters. The molecule has 1 fully saturated rings. The van der Waals surface area contributed by atoms with Gasteiger partial charge in [-0.05, 0) is 74.9 Å². The fourth-order valence-corrected chi connectivity index (χ4v) is 3.74. The van der Waals surface area contributed by atoms with Crippen molar-refractivity contribution in [1.82, 2.24) is 0 Å². The van der Waals surface area contributed by atoms with Gasteiger partial charge in [-0.3, -0.25) is 14.5 Å². The van der Waals surface area contributed by atoms with E-state index in [4.69, 9.17) is 9.15 Å². The van der Waals surface area contributed by atoms with Crippen molar-refractivity contribution in [3.05, 3.63) is 83.3 Å². The van der Waals surface area contributed by atoms with Crippen LogP contribution in [0.3, 0.4) is 0 Å². The van der Waals surface area contributed by atoms with Crippen LogP contribution < -0.4 is 9.64 Å². The fourth-order valence-electron chi connectivity index (χ4n) is 3.74. The van der Waals surface area contributed by atoms with Crippen LogP contribution in [0.25, 0.3) is 5.76 Å². The van der Waals surface area contributed by atoms with E-state index >= 15 is 0 Å². The molecule has 1 atom stereocenters. The maximum absolute atomic E-state index is 13.1. The number of benzene rings is 2. The summed E-state index contributed by atoms with van der Waals surface area (Å²) in [6, 6.07) is 13.5. The summed E-state index contributed by atoms with van der Waals surface area (Å²) in [7, 11) is 0. The van der Waals surface area contributed by atoms with Crippen molar-refractivity contribution in [3.8, 4) is 11.5 Å². The number of hydrogen-bond acceptors (Lipinski definition) is 6. The largest absolute Gasteiger partial charge is 0.507 e. The Morgan fingerprint density at radius 1 is 1.09 bits per heavy atom. The number of aliphatic hydroxyl groups is 1. The number of aromatic hydroxyl groups is 1. The van der Waals surface area contributed by atoms with Crippen LogP contribution in [-0.2, 0) is 9.59 Å². The number of carbonyl (C=O) groups excluding carboxylic acids is 2. The van der Waals surface area contributed by atoms with Crippen LogP contribution in [0.5, 0.6) is 11.5 Å². The van der Waals surface area contributed by atoms with E-state index in [1.165, 1.54) is 12.3 Å². The predicted molar refractivity (Wildman–Crippen MR) is 119 cm³/mol. The molecule has 1 amide bonds. The van der Waals surface area contributed by atoms with Crippen LogP contribution in [0.1, 0.15) is 36.8 Å². The van der Waals surface area contributed by atoms with Crippen LogP contribution in [0.4, 0.5) is 5.69 Å². The third kappa shape index (κ3) is 3.73. The molecule has 2 heterocycles. The average Bonchev–Trinajstić information content (AvgIpc) is 3.37. The molecule has 1 aliphatic heterocycles. The van der Waals surface area contributed by atoms with E-state index in [9.17, 15) is 19.8 Å². The lowest BCUT2D eigenvalue weighted by molar-refractivity contribution is -0.132. The van der Waals surface area contributed by atoms with E-state index in [-0.39, 0.29) is 34.6 Å². The molecule has 0 saturated carbocycles. The summed E-state index contributed by atoms with van der Waals surface area (Å²) in [6.07, 6.45) is 1.41. The Hall–Kier alpha value is -4.00. The highest BCUT2D eigenvalue weighted by molar-refractivity contribution is 6.51. The number of furan rings is 1. The molecule has 1 saturated heterocycles. The number of Topliss-reactive ketones (excluding diaryl/α,β-unsaturated/α-hetero) is 1. The number of rotatable bonds is 5. The maximum atomic E-state index is 13.1. The van der Waals surface area contributed by atoms with Crippen LogP contribution in [0.15, 0.2) is 70.9 Å². The maximum Gasteiger partial charge on any atom is 0.300 e. The van der Waals surface area contributed by atoms with Crippen molar-refractivity contribution in [1.29, 1.82) is 0 Å². The predicted octanol–water partition coefficient (Wildman–Crippen LogP) is 4.71. The minimum atomic E-state index is -1.04. The van der Waals surface area contributed by atoms with Crippen molar-refractivity contribution < 1.29 is 29.0 Å². The van der Waals surface area contributed by atoms with Gasteiger partial charge in [0.05, 0.1) is 23.6 Å². The summed E-state index contributed by atoms with van der Waals surface area (Å²) in [6.45, 7) is 5.61. The molecular weight excluding hydrogens is 410 g/mol. The van der Waals surface area contributed by atoms with Gasteiger partial charge in [0, 0.05) is 5.56 Å². The summed E-state index contributed by atoms with van der Waals surface area (Å²) in [5.74, 6) is -1.34. The van der Waals surface area contributed by atoms with Crippen LogP contribution >= 0.6 is 0 Å². The SMILES string of the molecule is Cc1ccc(O)c(N2C(=O)C(=O)/C(=C(\O)c3ccc(OC(C)C)cc3)C2c2ccco2)c1. The zero-order chi connectivity index (χ0) is 23.0. The first-order valence-corrected chi connectivity index (χ1v) is 10.2. The monoisotopic (exact) mass is 433 g/mol. The van der Waals surface area contributed by atoms with Gasteiger partial charge < -0.3 is 19.4 Å². The average molecular weight is 433 g/mol. The molecular formula is C25H23NO6. The molecule has 0 bridgehead atoms. The minimum Gasteiger partial charge on any atom is -0.507 e. The number of amides is 1. The molecule has 0 spiro atoms. The summed E-state index contributed by atoms with van der Waals surface area (Å²) in [5, 5.41) is 21.5. The van der Waals surface area contributed by atoms with Gasteiger partial charge in [-0.1, -0.05) is 6.07 Å². The highest BCUT2D eigenvalue weighted by Gasteiger charge is 2.49.